The number of hydrogen-bond donors (Lipinski definition) is 3. The summed E-state index contributed by atoms with van der Waals surface area (Å²) in [7, 11) is 0. The first-order valence-electron chi connectivity index (χ1n) is 8.74. The average Bonchev–Trinajstić information content (AvgIpc) is 2.65. The highest BCUT2D eigenvalue weighted by atomic mass is 32.2. The van der Waals surface area contributed by atoms with Gasteiger partial charge in [-0.3, -0.25) is 4.79 Å². The summed E-state index contributed by atoms with van der Waals surface area (Å²) in [6, 6.07) is 6.49. The number of carbonyl (C=O) groups is 1. The van der Waals surface area contributed by atoms with Gasteiger partial charge in [0, 0.05) is 34.7 Å². The molecule has 1 atom stereocenters. The maximum Gasteiger partial charge on any atom is 0.255 e. The van der Waals surface area contributed by atoms with Crippen LogP contribution in [0.25, 0.3) is 0 Å². The van der Waals surface area contributed by atoms with Gasteiger partial charge in [-0.1, -0.05) is 0 Å². The molecule has 0 spiro atoms. The van der Waals surface area contributed by atoms with Gasteiger partial charge in [0.2, 0.25) is 0 Å². The van der Waals surface area contributed by atoms with E-state index in [0.29, 0.717) is 12.2 Å². The molecule has 9 heteroatoms. The van der Waals surface area contributed by atoms with Crippen molar-refractivity contribution in [2.24, 2.45) is 0 Å². The minimum Gasteiger partial charge on any atom is -0.379 e. The third-order valence-corrected chi connectivity index (χ3v) is 4.94. The van der Waals surface area contributed by atoms with Gasteiger partial charge in [-0.15, -0.1) is 0 Å². The molecule has 1 amide bonds. The summed E-state index contributed by atoms with van der Waals surface area (Å²) in [5.74, 6) is -4.86. The molecule has 150 valence electrons. The van der Waals surface area contributed by atoms with E-state index in [9.17, 15) is 18.0 Å². The Balaban J connectivity index is 1.65. The second-order valence-electron chi connectivity index (χ2n) is 6.54. The van der Waals surface area contributed by atoms with Gasteiger partial charge in [-0.25, -0.2) is 17.9 Å². The first kappa shape index (κ1) is 20.5. The normalized spacial score (nSPS) is 15.9. The molecular formula is C19H20F3N3O2S. The lowest BCUT2D eigenvalue weighted by molar-refractivity contribution is 0.0742. The minimum absolute atomic E-state index is 0.0288. The summed E-state index contributed by atoms with van der Waals surface area (Å²) in [4.78, 5) is 13.2. The summed E-state index contributed by atoms with van der Waals surface area (Å²) < 4.78 is 48.4. The van der Waals surface area contributed by atoms with Crippen molar-refractivity contribution >= 4 is 29.2 Å². The zero-order valence-electron chi connectivity index (χ0n) is 15.3. The number of amides is 1. The van der Waals surface area contributed by atoms with E-state index < -0.39 is 23.4 Å². The summed E-state index contributed by atoms with van der Waals surface area (Å²) >= 11 is 1.38. The van der Waals surface area contributed by atoms with Gasteiger partial charge in [-0.05, 0) is 44.0 Å². The molecule has 0 saturated carbocycles. The fraction of sp³-hybridized carbons (Fsp3) is 0.316. The molecule has 28 heavy (non-hydrogen) atoms. The Kier molecular flexibility index (Phi) is 6.48. The largest absolute Gasteiger partial charge is 0.379 e. The van der Waals surface area contributed by atoms with Gasteiger partial charge in [0.05, 0.1) is 24.6 Å². The summed E-state index contributed by atoms with van der Waals surface area (Å²) in [6.07, 6.45) is 0.975. The van der Waals surface area contributed by atoms with Crippen molar-refractivity contribution < 1.29 is 22.7 Å². The third-order valence-electron chi connectivity index (χ3n) is 3.98. The Labute approximate surface area is 165 Å². The second-order valence-corrected chi connectivity index (χ2v) is 7.42. The van der Waals surface area contributed by atoms with Crippen LogP contribution in [0, 0.1) is 17.5 Å². The Hall–Kier alpha value is -2.23. The van der Waals surface area contributed by atoms with Crippen LogP contribution in [0.3, 0.4) is 0 Å². The summed E-state index contributed by atoms with van der Waals surface area (Å²) in [5, 5.41) is 5.69. The van der Waals surface area contributed by atoms with E-state index in [4.69, 9.17) is 4.74 Å². The number of ether oxygens (including phenoxy) is 1. The number of halogens is 3. The second kappa shape index (κ2) is 8.85. The number of nitrogens with one attached hydrogen (secondary N) is 3. The topological polar surface area (TPSA) is 62.4 Å². The Morgan fingerprint density at radius 1 is 1.21 bits per heavy atom. The fourth-order valence-corrected chi connectivity index (χ4v) is 3.47. The number of fused-ring (bicyclic) bond motifs is 1. The fourth-order valence-electron chi connectivity index (χ4n) is 2.60. The molecule has 0 aromatic heterocycles. The molecule has 0 fully saturated rings. The molecule has 3 rings (SSSR count). The van der Waals surface area contributed by atoms with Crippen molar-refractivity contribution in [3.8, 4) is 0 Å². The van der Waals surface area contributed by atoms with Crippen LogP contribution in [0.5, 0.6) is 0 Å². The van der Waals surface area contributed by atoms with E-state index in [2.05, 4.69) is 15.4 Å². The van der Waals surface area contributed by atoms with Gasteiger partial charge in [0.1, 0.15) is 0 Å². The predicted molar refractivity (Wildman–Crippen MR) is 103 cm³/mol. The van der Waals surface area contributed by atoms with Crippen molar-refractivity contribution in [1.29, 1.82) is 0 Å². The van der Waals surface area contributed by atoms with Gasteiger partial charge in [-0.2, -0.15) is 0 Å². The molecule has 0 aliphatic carbocycles. The van der Waals surface area contributed by atoms with Crippen molar-refractivity contribution in [3.63, 3.8) is 0 Å². The van der Waals surface area contributed by atoms with Crippen molar-refractivity contribution in [3.05, 3.63) is 53.3 Å². The first-order valence-corrected chi connectivity index (χ1v) is 9.55. The van der Waals surface area contributed by atoms with E-state index in [-0.39, 0.29) is 18.0 Å². The maximum atomic E-state index is 13.3. The maximum absolute atomic E-state index is 13.3. The number of carbonyl (C=O) groups excluding carboxylic acids is 1. The van der Waals surface area contributed by atoms with Crippen LogP contribution < -0.4 is 15.4 Å². The summed E-state index contributed by atoms with van der Waals surface area (Å²) in [5.41, 5.74) is 1.02. The Morgan fingerprint density at radius 2 is 1.93 bits per heavy atom. The molecule has 1 heterocycles. The van der Waals surface area contributed by atoms with Crippen molar-refractivity contribution in [2.45, 2.75) is 37.4 Å². The lowest BCUT2D eigenvalue weighted by atomic mass is 10.1. The number of rotatable bonds is 6. The Bertz CT molecular complexity index is 856. The molecule has 3 N–H and O–H groups in total. The van der Waals surface area contributed by atoms with Gasteiger partial charge < -0.3 is 15.4 Å². The lowest BCUT2D eigenvalue weighted by Gasteiger charge is -2.28. The van der Waals surface area contributed by atoms with Crippen molar-refractivity contribution in [2.75, 3.05) is 17.2 Å². The molecule has 2 aromatic rings. The molecule has 1 aliphatic rings. The molecule has 2 aromatic carbocycles. The van der Waals surface area contributed by atoms with Gasteiger partial charge in [0.25, 0.3) is 5.91 Å². The number of benzene rings is 2. The number of hydrogen-bond acceptors (Lipinski definition) is 5. The summed E-state index contributed by atoms with van der Waals surface area (Å²) in [6.45, 7) is 4.57. The number of anilines is 2. The highest BCUT2D eigenvalue weighted by Gasteiger charge is 2.20. The van der Waals surface area contributed by atoms with Crippen LogP contribution in [-0.4, -0.2) is 24.8 Å². The lowest BCUT2D eigenvalue weighted by Crippen LogP contribution is -2.36. The van der Waals surface area contributed by atoms with E-state index >= 15 is 0 Å². The van der Waals surface area contributed by atoms with Crippen LogP contribution in [0.1, 0.15) is 30.6 Å². The molecule has 5 nitrogen and oxygen atoms in total. The highest BCUT2D eigenvalue weighted by Crippen LogP contribution is 2.32. The van der Waals surface area contributed by atoms with Crippen molar-refractivity contribution in [1.82, 2.24) is 4.72 Å². The quantitative estimate of drug-likeness (QED) is 0.482. The molecule has 0 bridgehead atoms. The average molecular weight is 411 g/mol. The minimum atomic E-state index is -1.58. The highest BCUT2D eigenvalue weighted by molar-refractivity contribution is 7.97. The van der Waals surface area contributed by atoms with Crippen LogP contribution in [0.15, 0.2) is 35.2 Å². The van der Waals surface area contributed by atoms with E-state index in [1.54, 1.807) is 18.2 Å². The SMILES string of the molecule is CC(C)OCCC1NSc2cc(C(=O)Nc3cc(F)c(F)c(F)c3)ccc2N1. The first-order chi connectivity index (χ1) is 13.3. The zero-order valence-corrected chi connectivity index (χ0v) is 16.1. The van der Waals surface area contributed by atoms with Crippen LogP contribution in [0.2, 0.25) is 0 Å². The van der Waals surface area contributed by atoms with Gasteiger partial charge >= 0.3 is 0 Å². The molecule has 1 aliphatic heterocycles. The smallest absolute Gasteiger partial charge is 0.255 e. The molecule has 0 saturated heterocycles. The molecular weight excluding hydrogens is 391 g/mol. The predicted octanol–water partition coefficient (Wildman–Crippen LogP) is 4.52. The molecule has 0 radical (unpaired) electrons. The van der Waals surface area contributed by atoms with Gasteiger partial charge in [0.15, 0.2) is 17.5 Å². The van der Waals surface area contributed by atoms with E-state index in [0.717, 1.165) is 29.1 Å². The monoisotopic (exact) mass is 411 g/mol. The third kappa shape index (κ3) is 4.98. The van der Waals surface area contributed by atoms with Crippen LogP contribution in [0.4, 0.5) is 24.5 Å². The van der Waals surface area contributed by atoms with E-state index in [1.165, 1.54) is 11.9 Å². The zero-order chi connectivity index (χ0) is 20.3. The standard InChI is InChI=1S/C19H20F3N3O2S/c1-10(2)27-6-5-17-24-15-4-3-11(7-16(15)28-25-17)19(26)23-12-8-13(20)18(22)14(21)9-12/h3-4,7-10,17,24-25H,5-6H2,1-2H3,(H,23,26). The molecule has 1 unspecified atom stereocenters. The van der Waals surface area contributed by atoms with Crippen LogP contribution in [-0.2, 0) is 4.74 Å². The van der Waals surface area contributed by atoms with E-state index in [1.807, 2.05) is 13.8 Å². The Morgan fingerprint density at radius 3 is 2.61 bits per heavy atom. The van der Waals surface area contributed by atoms with Crippen LogP contribution >= 0.6 is 11.9 Å².